The molecule has 240 valence electrons. The van der Waals surface area contributed by atoms with Crippen LogP contribution in [0.15, 0.2) is 63.1 Å². The highest BCUT2D eigenvalue weighted by atomic mass is 127. The van der Waals surface area contributed by atoms with E-state index in [4.69, 9.17) is 4.74 Å². The van der Waals surface area contributed by atoms with Gasteiger partial charge in [-0.1, -0.05) is 28.6 Å². The van der Waals surface area contributed by atoms with Crippen LogP contribution in [0.1, 0.15) is 84.8 Å². The fraction of sp³-hybridized carbons (Fsp3) is 0.594. The fourth-order valence-electron chi connectivity index (χ4n) is 5.56. The number of ether oxygens (including phenoxy) is 1. The number of rotatable bonds is 6. The lowest BCUT2D eigenvalue weighted by molar-refractivity contribution is -0.0166. The number of aliphatic hydroxyl groups is 1. The SMILES string of the molecule is CC(C)(C)OC(=O)N1[C@@H]([C@H](O)c2cccc(N=NN3CCCC3)c2)CCC1(C)C.Fc1c(I)cccc1N=NN1CCCC1. The highest BCUT2D eigenvalue weighted by molar-refractivity contribution is 14.1. The van der Waals surface area contributed by atoms with Crippen molar-refractivity contribution in [1.82, 2.24) is 14.9 Å². The van der Waals surface area contributed by atoms with Crippen molar-refractivity contribution in [2.24, 2.45) is 20.7 Å². The number of halogens is 2. The molecule has 3 aliphatic heterocycles. The average molecular weight is 722 g/mol. The van der Waals surface area contributed by atoms with Crippen LogP contribution in [0.3, 0.4) is 0 Å². The molecule has 0 spiro atoms. The van der Waals surface area contributed by atoms with Gasteiger partial charge in [-0.15, -0.1) is 10.2 Å². The molecular weight excluding hydrogens is 676 g/mol. The van der Waals surface area contributed by atoms with E-state index in [2.05, 4.69) is 20.7 Å². The Morgan fingerprint density at radius 2 is 1.59 bits per heavy atom. The first-order valence-electron chi connectivity index (χ1n) is 15.4. The van der Waals surface area contributed by atoms with Crippen LogP contribution < -0.4 is 0 Å². The summed E-state index contributed by atoms with van der Waals surface area (Å²) < 4.78 is 19.7. The van der Waals surface area contributed by atoms with E-state index >= 15 is 0 Å². The van der Waals surface area contributed by atoms with Crippen LogP contribution in [0.2, 0.25) is 0 Å². The first-order chi connectivity index (χ1) is 20.8. The van der Waals surface area contributed by atoms with Crippen LogP contribution >= 0.6 is 22.6 Å². The van der Waals surface area contributed by atoms with Gasteiger partial charge in [-0.2, -0.15) is 0 Å². The van der Waals surface area contributed by atoms with Gasteiger partial charge in [0.1, 0.15) is 11.3 Å². The molecule has 0 unspecified atom stereocenters. The zero-order valence-electron chi connectivity index (χ0n) is 26.4. The van der Waals surface area contributed by atoms with Crippen molar-refractivity contribution >= 4 is 40.1 Å². The monoisotopic (exact) mass is 721 g/mol. The third kappa shape index (κ3) is 9.32. The van der Waals surface area contributed by atoms with Gasteiger partial charge in [-0.25, -0.2) is 9.18 Å². The van der Waals surface area contributed by atoms with Crippen molar-refractivity contribution in [2.45, 2.75) is 96.4 Å². The minimum atomic E-state index is -0.814. The van der Waals surface area contributed by atoms with Gasteiger partial charge in [0, 0.05) is 31.7 Å². The highest BCUT2D eigenvalue weighted by Gasteiger charge is 2.47. The number of carbonyl (C=O) groups excluding carboxylic acids is 1. The Kier molecular flexibility index (Phi) is 11.5. The number of hydrogen-bond donors (Lipinski definition) is 1. The molecule has 5 rings (SSSR count). The van der Waals surface area contributed by atoms with Gasteiger partial charge in [0.05, 0.1) is 21.4 Å². The second-order valence-electron chi connectivity index (χ2n) is 13.1. The molecule has 0 bridgehead atoms. The normalized spacial score (nSPS) is 20.8. The second-order valence-corrected chi connectivity index (χ2v) is 14.2. The van der Waals surface area contributed by atoms with E-state index in [1.165, 1.54) is 0 Å². The smallest absolute Gasteiger partial charge is 0.411 e. The maximum atomic E-state index is 13.5. The van der Waals surface area contributed by atoms with E-state index in [9.17, 15) is 14.3 Å². The summed E-state index contributed by atoms with van der Waals surface area (Å²) in [4.78, 5) is 14.6. The molecule has 12 heteroatoms. The number of amides is 1. The van der Waals surface area contributed by atoms with Gasteiger partial charge < -0.3 is 9.84 Å². The summed E-state index contributed by atoms with van der Waals surface area (Å²) >= 11 is 1.95. The standard InChI is InChI=1S/C22H34N4O3.C10H11FIN3/c1-21(2,3)29-20(28)26-18(11-12-22(26,4)5)19(27)16-9-8-10-17(15-16)23-24-25-13-6-7-14-25;11-10-8(12)4-3-5-9(10)13-14-15-6-1-2-7-15/h8-10,15,18-19,27H,6-7,11-14H2,1-5H3;3-5H,1-2,6-7H2/t18-,19-;/m1./s1. The summed E-state index contributed by atoms with van der Waals surface area (Å²) in [5.41, 5.74) is 0.796. The van der Waals surface area contributed by atoms with Crippen LogP contribution in [-0.2, 0) is 4.74 Å². The summed E-state index contributed by atoms with van der Waals surface area (Å²) in [5, 5.41) is 31.5. The summed E-state index contributed by atoms with van der Waals surface area (Å²) in [5.74, 6) is -0.291. The van der Waals surface area contributed by atoms with Crippen LogP contribution in [-0.4, -0.2) is 69.5 Å². The summed E-state index contributed by atoms with van der Waals surface area (Å²) in [7, 11) is 0. The van der Waals surface area contributed by atoms with Gasteiger partial charge in [-0.05, 0) is 126 Å². The molecule has 2 aromatic rings. The Labute approximate surface area is 273 Å². The molecule has 0 aliphatic carbocycles. The first-order valence-corrected chi connectivity index (χ1v) is 16.5. The minimum absolute atomic E-state index is 0.291. The second kappa shape index (κ2) is 14.9. The van der Waals surface area contributed by atoms with Crippen molar-refractivity contribution < 1.29 is 19.0 Å². The Bertz CT molecular complexity index is 1320. The summed E-state index contributed by atoms with van der Waals surface area (Å²) in [6, 6.07) is 12.3. The molecule has 3 fully saturated rings. The van der Waals surface area contributed by atoms with E-state index in [-0.39, 0.29) is 23.5 Å². The van der Waals surface area contributed by atoms with Crippen LogP contribution in [0.25, 0.3) is 0 Å². The van der Waals surface area contributed by atoms with Crippen LogP contribution in [0, 0.1) is 9.39 Å². The molecule has 3 aliphatic rings. The molecule has 1 amide bonds. The number of benzene rings is 2. The Balaban J connectivity index is 0.000000246. The van der Waals surface area contributed by atoms with Gasteiger partial charge in [0.25, 0.3) is 0 Å². The Hall–Kier alpha value is -2.87. The lowest BCUT2D eigenvalue weighted by Gasteiger charge is -2.38. The number of aliphatic hydroxyl groups excluding tert-OH is 1. The third-order valence-corrected chi connectivity index (χ3v) is 8.70. The van der Waals surface area contributed by atoms with Crippen molar-refractivity contribution in [3.63, 3.8) is 0 Å². The zero-order chi connectivity index (χ0) is 31.9. The maximum Gasteiger partial charge on any atom is 0.411 e. The van der Waals surface area contributed by atoms with E-state index in [0.29, 0.717) is 21.4 Å². The Morgan fingerprint density at radius 3 is 2.20 bits per heavy atom. The third-order valence-electron chi connectivity index (χ3n) is 7.86. The molecule has 0 radical (unpaired) electrons. The molecule has 10 nitrogen and oxygen atoms in total. The Morgan fingerprint density at radius 1 is 1.00 bits per heavy atom. The minimum Gasteiger partial charge on any atom is -0.444 e. The van der Waals surface area contributed by atoms with E-state index in [1.807, 2.05) is 91.5 Å². The number of likely N-dealkylation sites (tertiary alicyclic amines) is 1. The van der Waals surface area contributed by atoms with Gasteiger partial charge in [-0.3, -0.25) is 14.9 Å². The largest absolute Gasteiger partial charge is 0.444 e. The van der Waals surface area contributed by atoms with Gasteiger partial charge in [0.2, 0.25) is 0 Å². The maximum absolute atomic E-state index is 13.5. The molecule has 3 saturated heterocycles. The average Bonchev–Trinajstić information content (AvgIpc) is 3.74. The van der Waals surface area contributed by atoms with Crippen LogP contribution in [0.4, 0.5) is 20.6 Å². The van der Waals surface area contributed by atoms with E-state index in [1.54, 1.807) is 23.1 Å². The lowest BCUT2D eigenvalue weighted by Crippen LogP contribution is -2.50. The quantitative estimate of drug-likeness (QED) is 0.238. The molecule has 1 N–H and O–H groups in total. The molecular formula is C32H45FIN7O3. The zero-order valence-corrected chi connectivity index (χ0v) is 28.6. The molecule has 2 aromatic carbocycles. The van der Waals surface area contributed by atoms with Crippen molar-refractivity contribution in [1.29, 1.82) is 0 Å². The molecule has 2 atom stereocenters. The molecule has 0 aromatic heterocycles. The lowest BCUT2D eigenvalue weighted by atomic mass is 9.99. The van der Waals surface area contributed by atoms with Crippen molar-refractivity contribution in [3.8, 4) is 0 Å². The van der Waals surface area contributed by atoms with Gasteiger partial charge >= 0.3 is 6.09 Å². The van der Waals surface area contributed by atoms with Crippen molar-refractivity contribution in [2.75, 3.05) is 26.2 Å². The molecule has 44 heavy (non-hydrogen) atoms. The van der Waals surface area contributed by atoms with E-state index < -0.39 is 11.7 Å². The summed E-state index contributed by atoms with van der Waals surface area (Å²) in [6.07, 6.45) is 4.92. The fourth-order valence-corrected chi connectivity index (χ4v) is 6.05. The highest BCUT2D eigenvalue weighted by Crippen LogP contribution is 2.40. The predicted octanol–water partition coefficient (Wildman–Crippen LogP) is 8.52. The van der Waals surface area contributed by atoms with E-state index in [0.717, 1.165) is 63.8 Å². The number of hydrogen-bond acceptors (Lipinski definition) is 7. The predicted molar refractivity (Wildman–Crippen MR) is 176 cm³/mol. The van der Waals surface area contributed by atoms with Crippen molar-refractivity contribution in [3.05, 3.63) is 57.4 Å². The number of nitrogens with zero attached hydrogens (tertiary/aromatic N) is 7. The molecule has 3 heterocycles. The first kappa shape index (κ1) is 34.0. The van der Waals surface area contributed by atoms with Gasteiger partial charge in [0.15, 0.2) is 5.82 Å². The topological polar surface area (TPSA) is 106 Å². The summed E-state index contributed by atoms with van der Waals surface area (Å²) in [6.45, 7) is 13.3. The van der Waals surface area contributed by atoms with Crippen LogP contribution in [0.5, 0.6) is 0 Å². The number of carbonyl (C=O) groups is 1. The molecule has 0 saturated carbocycles.